The number of amides is 2. The molecule has 0 saturated heterocycles. The molecule has 5 nitrogen and oxygen atoms in total. The van der Waals surface area contributed by atoms with Crippen LogP contribution in [-0.2, 0) is 9.59 Å². The number of carbonyl (C=O) groups is 2. The SMILES string of the molecule is Cc1ccc(NC(=O)CNc2cc(NC(=O)C(C)C)ccc2C)cc1. The number of hydrogen-bond acceptors (Lipinski definition) is 3. The highest BCUT2D eigenvalue weighted by molar-refractivity contribution is 5.95. The normalized spacial score (nSPS) is 10.4. The molecule has 0 spiro atoms. The zero-order valence-electron chi connectivity index (χ0n) is 15.1. The molecular weight excluding hydrogens is 314 g/mol. The fourth-order valence-corrected chi connectivity index (χ4v) is 2.19. The topological polar surface area (TPSA) is 70.2 Å². The largest absolute Gasteiger partial charge is 0.376 e. The highest BCUT2D eigenvalue weighted by atomic mass is 16.2. The van der Waals surface area contributed by atoms with Gasteiger partial charge in [0.25, 0.3) is 0 Å². The molecule has 2 aromatic rings. The minimum Gasteiger partial charge on any atom is -0.376 e. The minimum absolute atomic E-state index is 0.0353. The molecule has 0 bridgehead atoms. The van der Waals surface area contributed by atoms with Crippen LogP contribution in [-0.4, -0.2) is 18.4 Å². The van der Waals surface area contributed by atoms with Gasteiger partial charge in [-0.2, -0.15) is 0 Å². The average Bonchev–Trinajstić information content (AvgIpc) is 2.57. The van der Waals surface area contributed by atoms with Gasteiger partial charge in [0.05, 0.1) is 6.54 Å². The van der Waals surface area contributed by atoms with Crippen molar-refractivity contribution >= 4 is 28.9 Å². The zero-order valence-corrected chi connectivity index (χ0v) is 15.1. The van der Waals surface area contributed by atoms with Crippen LogP contribution in [0.4, 0.5) is 17.1 Å². The summed E-state index contributed by atoms with van der Waals surface area (Å²) in [7, 11) is 0. The van der Waals surface area contributed by atoms with Gasteiger partial charge in [-0.05, 0) is 43.7 Å². The maximum atomic E-state index is 12.1. The first-order chi connectivity index (χ1) is 11.8. The number of hydrogen-bond donors (Lipinski definition) is 3. The van der Waals surface area contributed by atoms with Crippen LogP contribution in [0.3, 0.4) is 0 Å². The second-order valence-electron chi connectivity index (χ2n) is 6.44. The van der Waals surface area contributed by atoms with Gasteiger partial charge in [0.15, 0.2) is 0 Å². The molecule has 0 fully saturated rings. The Bertz CT molecular complexity index is 752. The summed E-state index contributed by atoms with van der Waals surface area (Å²) in [4.78, 5) is 23.9. The van der Waals surface area contributed by atoms with E-state index in [1.54, 1.807) is 0 Å². The van der Waals surface area contributed by atoms with Crippen LogP contribution in [0.15, 0.2) is 42.5 Å². The predicted molar refractivity (Wildman–Crippen MR) is 103 cm³/mol. The van der Waals surface area contributed by atoms with Crippen LogP contribution in [0.25, 0.3) is 0 Å². The van der Waals surface area contributed by atoms with E-state index in [1.807, 2.05) is 70.2 Å². The molecule has 0 aliphatic carbocycles. The summed E-state index contributed by atoms with van der Waals surface area (Å²) in [6.45, 7) is 7.79. The lowest BCUT2D eigenvalue weighted by Crippen LogP contribution is -2.22. The number of carbonyl (C=O) groups excluding carboxylic acids is 2. The van der Waals surface area contributed by atoms with Crippen molar-refractivity contribution in [3.63, 3.8) is 0 Å². The molecule has 2 aromatic carbocycles. The number of aryl methyl sites for hydroxylation is 2. The molecule has 0 aromatic heterocycles. The summed E-state index contributed by atoms with van der Waals surface area (Å²) in [5.74, 6) is -0.246. The molecule has 0 aliphatic heterocycles. The molecule has 0 radical (unpaired) electrons. The van der Waals surface area contributed by atoms with Gasteiger partial charge in [-0.15, -0.1) is 0 Å². The van der Waals surface area contributed by atoms with Crippen LogP contribution in [0, 0.1) is 19.8 Å². The van der Waals surface area contributed by atoms with E-state index in [2.05, 4.69) is 16.0 Å². The molecule has 0 heterocycles. The van der Waals surface area contributed by atoms with Crippen molar-refractivity contribution in [2.24, 2.45) is 5.92 Å². The predicted octanol–water partition coefficient (Wildman–Crippen LogP) is 3.95. The lowest BCUT2D eigenvalue weighted by molar-refractivity contribution is -0.119. The molecule has 5 heteroatoms. The second-order valence-corrected chi connectivity index (χ2v) is 6.44. The molecule has 0 aliphatic rings. The second kappa shape index (κ2) is 8.33. The highest BCUT2D eigenvalue weighted by Crippen LogP contribution is 2.20. The van der Waals surface area contributed by atoms with E-state index < -0.39 is 0 Å². The third kappa shape index (κ3) is 5.64. The van der Waals surface area contributed by atoms with E-state index in [-0.39, 0.29) is 24.3 Å². The Morgan fingerprint density at radius 1 is 0.920 bits per heavy atom. The van der Waals surface area contributed by atoms with Crippen LogP contribution in [0.5, 0.6) is 0 Å². The summed E-state index contributed by atoms with van der Waals surface area (Å²) in [6, 6.07) is 13.3. The van der Waals surface area contributed by atoms with E-state index in [9.17, 15) is 9.59 Å². The lowest BCUT2D eigenvalue weighted by atomic mass is 10.1. The summed E-state index contributed by atoms with van der Waals surface area (Å²) in [6.07, 6.45) is 0. The summed E-state index contributed by atoms with van der Waals surface area (Å²) in [5, 5.41) is 8.84. The molecule has 132 valence electrons. The van der Waals surface area contributed by atoms with Crippen LogP contribution >= 0.6 is 0 Å². The number of anilines is 3. The standard InChI is InChI=1S/C20H25N3O2/c1-13(2)20(25)23-17-10-7-15(4)18(11-17)21-12-19(24)22-16-8-5-14(3)6-9-16/h5-11,13,21H,12H2,1-4H3,(H,22,24)(H,23,25). The number of rotatable bonds is 6. The Hall–Kier alpha value is -2.82. The van der Waals surface area contributed by atoms with Crippen LogP contribution in [0.2, 0.25) is 0 Å². The third-order valence-electron chi connectivity index (χ3n) is 3.80. The van der Waals surface area contributed by atoms with Gasteiger partial charge in [0.2, 0.25) is 11.8 Å². The van der Waals surface area contributed by atoms with Gasteiger partial charge in [0.1, 0.15) is 0 Å². The Labute approximate surface area is 148 Å². The van der Waals surface area contributed by atoms with Crippen molar-refractivity contribution < 1.29 is 9.59 Å². The Morgan fingerprint density at radius 3 is 2.20 bits per heavy atom. The van der Waals surface area contributed by atoms with Crippen molar-refractivity contribution in [2.45, 2.75) is 27.7 Å². The van der Waals surface area contributed by atoms with Crippen molar-refractivity contribution in [3.05, 3.63) is 53.6 Å². The molecule has 0 atom stereocenters. The van der Waals surface area contributed by atoms with Crippen molar-refractivity contribution in [2.75, 3.05) is 22.5 Å². The fourth-order valence-electron chi connectivity index (χ4n) is 2.19. The molecule has 2 amide bonds. The average molecular weight is 339 g/mol. The monoisotopic (exact) mass is 339 g/mol. The molecule has 0 saturated carbocycles. The maximum Gasteiger partial charge on any atom is 0.243 e. The van der Waals surface area contributed by atoms with E-state index in [4.69, 9.17) is 0 Å². The van der Waals surface area contributed by atoms with Gasteiger partial charge in [-0.1, -0.05) is 37.6 Å². The quantitative estimate of drug-likeness (QED) is 0.746. The van der Waals surface area contributed by atoms with Crippen molar-refractivity contribution in [1.29, 1.82) is 0 Å². The van der Waals surface area contributed by atoms with Crippen LogP contribution < -0.4 is 16.0 Å². The zero-order chi connectivity index (χ0) is 18.4. The molecule has 3 N–H and O–H groups in total. The van der Waals surface area contributed by atoms with E-state index in [1.165, 1.54) is 0 Å². The number of nitrogens with one attached hydrogen (secondary N) is 3. The van der Waals surface area contributed by atoms with Crippen molar-refractivity contribution in [1.82, 2.24) is 0 Å². The molecule has 2 rings (SSSR count). The van der Waals surface area contributed by atoms with Gasteiger partial charge in [-0.3, -0.25) is 9.59 Å². The lowest BCUT2D eigenvalue weighted by Gasteiger charge is -2.13. The minimum atomic E-state index is -0.125. The molecule has 25 heavy (non-hydrogen) atoms. The molecule has 0 unspecified atom stereocenters. The summed E-state index contributed by atoms with van der Waals surface area (Å²) < 4.78 is 0. The van der Waals surface area contributed by atoms with Crippen LogP contribution in [0.1, 0.15) is 25.0 Å². The highest BCUT2D eigenvalue weighted by Gasteiger charge is 2.09. The van der Waals surface area contributed by atoms with Gasteiger partial charge < -0.3 is 16.0 Å². The Balaban J connectivity index is 1.96. The first-order valence-electron chi connectivity index (χ1n) is 8.37. The Kier molecular flexibility index (Phi) is 6.17. The van der Waals surface area contributed by atoms with Gasteiger partial charge >= 0.3 is 0 Å². The van der Waals surface area contributed by atoms with Gasteiger partial charge in [-0.25, -0.2) is 0 Å². The van der Waals surface area contributed by atoms with E-state index in [0.29, 0.717) is 5.69 Å². The fraction of sp³-hybridized carbons (Fsp3) is 0.300. The summed E-state index contributed by atoms with van der Waals surface area (Å²) in [5.41, 5.74) is 4.45. The first kappa shape index (κ1) is 18.5. The first-order valence-corrected chi connectivity index (χ1v) is 8.37. The van der Waals surface area contributed by atoms with Crippen molar-refractivity contribution in [3.8, 4) is 0 Å². The third-order valence-corrected chi connectivity index (χ3v) is 3.80. The number of benzene rings is 2. The van der Waals surface area contributed by atoms with E-state index >= 15 is 0 Å². The maximum absolute atomic E-state index is 12.1. The van der Waals surface area contributed by atoms with Gasteiger partial charge in [0, 0.05) is 23.0 Å². The van der Waals surface area contributed by atoms with E-state index in [0.717, 1.165) is 22.5 Å². The Morgan fingerprint density at radius 2 is 1.56 bits per heavy atom. The summed E-state index contributed by atoms with van der Waals surface area (Å²) >= 11 is 0. The molecular formula is C20H25N3O2. The smallest absolute Gasteiger partial charge is 0.243 e.